The number of nitro benzene ring substituents is 1. The van der Waals surface area contributed by atoms with E-state index < -0.39 is 4.92 Å². The largest absolute Gasteiger partial charge is 0.376 e. The van der Waals surface area contributed by atoms with Crippen molar-refractivity contribution in [3.8, 4) is 0 Å². The molecule has 20 heavy (non-hydrogen) atoms. The number of hydrogen-bond acceptors (Lipinski definition) is 3. The molecule has 1 saturated carbocycles. The van der Waals surface area contributed by atoms with E-state index in [1.165, 1.54) is 32.1 Å². The quantitative estimate of drug-likeness (QED) is 0.613. The lowest BCUT2D eigenvalue weighted by molar-refractivity contribution is -0.383. The molecule has 110 valence electrons. The molecular formula is C15H21ClN2O2. The fraction of sp³-hybridized carbons (Fsp3) is 0.600. The third-order valence-electron chi connectivity index (χ3n) is 4.17. The molecule has 0 saturated heterocycles. The van der Waals surface area contributed by atoms with Gasteiger partial charge in [0.25, 0.3) is 0 Å². The van der Waals surface area contributed by atoms with Crippen LogP contribution in [-0.4, -0.2) is 11.0 Å². The predicted molar refractivity (Wildman–Crippen MR) is 82.4 cm³/mol. The van der Waals surface area contributed by atoms with Gasteiger partial charge in [-0.3, -0.25) is 10.1 Å². The molecule has 0 spiro atoms. The molecule has 1 aliphatic rings. The van der Waals surface area contributed by atoms with Gasteiger partial charge in [0.1, 0.15) is 10.7 Å². The molecule has 2 rings (SSSR count). The van der Waals surface area contributed by atoms with E-state index in [1.54, 1.807) is 18.2 Å². The van der Waals surface area contributed by atoms with Crippen LogP contribution in [0.1, 0.15) is 45.4 Å². The first-order valence-corrected chi connectivity index (χ1v) is 7.70. The minimum atomic E-state index is -0.405. The van der Waals surface area contributed by atoms with E-state index in [9.17, 15) is 10.1 Å². The molecule has 4 nitrogen and oxygen atoms in total. The Kier molecular flexibility index (Phi) is 5.24. The van der Waals surface area contributed by atoms with E-state index in [2.05, 4.69) is 12.2 Å². The topological polar surface area (TPSA) is 55.2 Å². The van der Waals surface area contributed by atoms with Gasteiger partial charge in [-0.1, -0.05) is 43.9 Å². The second-order valence-corrected chi connectivity index (χ2v) is 5.86. The van der Waals surface area contributed by atoms with Crippen molar-refractivity contribution in [1.82, 2.24) is 0 Å². The normalized spacial score (nSPS) is 17.7. The monoisotopic (exact) mass is 296 g/mol. The molecule has 0 bridgehead atoms. The third-order valence-corrected chi connectivity index (χ3v) is 4.47. The van der Waals surface area contributed by atoms with Crippen LogP contribution in [0.15, 0.2) is 18.2 Å². The van der Waals surface area contributed by atoms with E-state index in [1.807, 2.05) is 0 Å². The molecule has 1 N–H and O–H groups in total. The Labute approximate surface area is 124 Å². The molecule has 0 heterocycles. The lowest BCUT2D eigenvalue weighted by atomic mass is 9.83. The minimum absolute atomic E-state index is 0.0107. The lowest BCUT2D eigenvalue weighted by Gasteiger charge is -2.30. The summed E-state index contributed by atoms with van der Waals surface area (Å²) in [5.41, 5.74) is 0.531. The first-order chi connectivity index (χ1) is 9.63. The Balaban J connectivity index is 2.18. The highest BCUT2D eigenvalue weighted by Gasteiger charge is 2.25. The van der Waals surface area contributed by atoms with Crippen LogP contribution in [0.25, 0.3) is 0 Å². The van der Waals surface area contributed by atoms with Gasteiger partial charge in [-0.05, 0) is 37.3 Å². The van der Waals surface area contributed by atoms with E-state index >= 15 is 0 Å². The van der Waals surface area contributed by atoms with Crippen LogP contribution in [0.4, 0.5) is 11.4 Å². The first-order valence-electron chi connectivity index (χ1n) is 7.33. The van der Waals surface area contributed by atoms with Gasteiger partial charge in [0.2, 0.25) is 0 Å². The third kappa shape index (κ3) is 3.42. The number of nitro groups is 1. The summed E-state index contributed by atoms with van der Waals surface area (Å²) in [6.07, 6.45) is 7.22. The molecule has 1 aromatic carbocycles. The van der Waals surface area contributed by atoms with Gasteiger partial charge in [0.05, 0.1) is 4.92 Å². The Morgan fingerprint density at radius 1 is 1.40 bits per heavy atom. The summed E-state index contributed by atoms with van der Waals surface area (Å²) >= 11 is 5.96. The standard InChI is InChI=1S/C15H21ClN2O2/c1-2-13(11-7-4-3-5-8-11)17-14-10-6-9-12(16)15(14)18(19)20/h6,9-11,13,17H,2-5,7-8H2,1H3. The first kappa shape index (κ1) is 15.1. The van der Waals surface area contributed by atoms with Crippen molar-refractivity contribution in [3.63, 3.8) is 0 Å². The van der Waals surface area contributed by atoms with Gasteiger partial charge in [-0.15, -0.1) is 0 Å². The Hall–Kier alpha value is -1.29. The van der Waals surface area contributed by atoms with Crippen molar-refractivity contribution in [3.05, 3.63) is 33.3 Å². The SMILES string of the molecule is CCC(Nc1cccc(Cl)c1[N+](=O)[O-])C1CCCCC1. The number of para-hydroxylation sites is 1. The molecule has 0 aliphatic heterocycles. The number of nitrogens with one attached hydrogen (secondary N) is 1. The predicted octanol–water partition coefficient (Wildman–Crippen LogP) is 5.02. The van der Waals surface area contributed by atoms with Crippen LogP contribution in [0, 0.1) is 16.0 Å². The highest BCUT2D eigenvalue weighted by molar-refractivity contribution is 6.33. The molecule has 0 radical (unpaired) electrons. The molecule has 1 fully saturated rings. The second-order valence-electron chi connectivity index (χ2n) is 5.45. The van der Waals surface area contributed by atoms with Crippen molar-refractivity contribution in [2.45, 2.75) is 51.5 Å². The summed E-state index contributed by atoms with van der Waals surface area (Å²) in [6.45, 7) is 2.13. The van der Waals surface area contributed by atoms with Crippen LogP contribution in [0.2, 0.25) is 5.02 Å². The van der Waals surface area contributed by atoms with Crippen molar-refractivity contribution >= 4 is 23.0 Å². The molecule has 1 aliphatic carbocycles. The number of nitrogens with zero attached hydrogens (tertiary/aromatic N) is 1. The highest BCUT2D eigenvalue weighted by atomic mass is 35.5. The summed E-state index contributed by atoms with van der Waals surface area (Å²) in [5, 5.41) is 14.7. The van der Waals surface area contributed by atoms with Crippen LogP contribution >= 0.6 is 11.6 Å². The molecule has 1 atom stereocenters. The number of hydrogen-bond donors (Lipinski definition) is 1. The Morgan fingerprint density at radius 2 is 2.10 bits per heavy atom. The van der Waals surface area contributed by atoms with E-state index in [-0.39, 0.29) is 16.8 Å². The summed E-state index contributed by atoms with van der Waals surface area (Å²) in [7, 11) is 0. The van der Waals surface area contributed by atoms with Crippen LogP contribution in [-0.2, 0) is 0 Å². The highest BCUT2D eigenvalue weighted by Crippen LogP contribution is 2.35. The summed E-state index contributed by atoms with van der Waals surface area (Å²) in [4.78, 5) is 10.8. The Morgan fingerprint density at radius 3 is 2.70 bits per heavy atom. The van der Waals surface area contributed by atoms with Gasteiger partial charge in [0.15, 0.2) is 0 Å². The molecular weight excluding hydrogens is 276 g/mol. The van der Waals surface area contributed by atoms with Gasteiger partial charge >= 0.3 is 5.69 Å². The summed E-state index contributed by atoms with van der Waals surface area (Å²) < 4.78 is 0. The smallest absolute Gasteiger partial charge is 0.310 e. The number of benzene rings is 1. The summed E-state index contributed by atoms with van der Waals surface area (Å²) in [5.74, 6) is 0.604. The second kappa shape index (κ2) is 6.93. The van der Waals surface area contributed by atoms with Crippen molar-refractivity contribution in [2.75, 3.05) is 5.32 Å². The molecule has 5 heteroatoms. The Bertz CT molecular complexity index is 473. The zero-order valence-electron chi connectivity index (χ0n) is 11.8. The molecule has 1 aromatic rings. The molecule has 0 amide bonds. The zero-order valence-corrected chi connectivity index (χ0v) is 12.5. The van der Waals surface area contributed by atoms with Crippen molar-refractivity contribution in [1.29, 1.82) is 0 Å². The maximum Gasteiger partial charge on any atom is 0.310 e. The van der Waals surface area contributed by atoms with E-state index in [0.29, 0.717) is 11.6 Å². The maximum absolute atomic E-state index is 11.2. The lowest BCUT2D eigenvalue weighted by Crippen LogP contribution is -2.30. The minimum Gasteiger partial charge on any atom is -0.376 e. The van der Waals surface area contributed by atoms with Gasteiger partial charge in [-0.25, -0.2) is 0 Å². The molecule has 0 aromatic heterocycles. The average molecular weight is 297 g/mol. The maximum atomic E-state index is 11.2. The van der Waals surface area contributed by atoms with Gasteiger partial charge < -0.3 is 5.32 Å². The average Bonchev–Trinajstić information content (AvgIpc) is 2.45. The zero-order chi connectivity index (χ0) is 14.5. The fourth-order valence-corrected chi connectivity index (χ4v) is 3.35. The number of anilines is 1. The van der Waals surface area contributed by atoms with Crippen molar-refractivity contribution < 1.29 is 4.92 Å². The van der Waals surface area contributed by atoms with Gasteiger partial charge in [0, 0.05) is 6.04 Å². The van der Waals surface area contributed by atoms with Gasteiger partial charge in [-0.2, -0.15) is 0 Å². The van der Waals surface area contributed by atoms with Crippen LogP contribution in [0.5, 0.6) is 0 Å². The van der Waals surface area contributed by atoms with E-state index in [4.69, 9.17) is 11.6 Å². The van der Waals surface area contributed by atoms with Crippen LogP contribution in [0.3, 0.4) is 0 Å². The number of halogens is 1. The summed E-state index contributed by atoms with van der Waals surface area (Å²) in [6, 6.07) is 5.35. The van der Waals surface area contributed by atoms with Crippen molar-refractivity contribution in [2.24, 2.45) is 5.92 Å². The van der Waals surface area contributed by atoms with E-state index in [0.717, 1.165) is 6.42 Å². The fourth-order valence-electron chi connectivity index (χ4n) is 3.11. The molecule has 1 unspecified atom stereocenters. The van der Waals surface area contributed by atoms with Crippen LogP contribution < -0.4 is 5.32 Å². The number of rotatable bonds is 5.